The van der Waals surface area contributed by atoms with Crippen LogP contribution in [0.4, 0.5) is 0 Å². The van der Waals surface area contributed by atoms with Gasteiger partial charge in [0.25, 0.3) is 0 Å². The lowest BCUT2D eigenvalue weighted by Crippen LogP contribution is -2.04. The maximum Gasteiger partial charge on any atom is 0.193 e. The molecule has 0 bridgehead atoms. The minimum Gasteiger partial charge on any atom is -0.496 e. The topological polar surface area (TPSA) is 79.4 Å². The van der Waals surface area contributed by atoms with Gasteiger partial charge < -0.3 is 14.3 Å². The number of aromatic amines is 1. The lowest BCUT2D eigenvalue weighted by molar-refractivity contribution is 0.105. The van der Waals surface area contributed by atoms with Gasteiger partial charge in [-0.1, -0.05) is 6.58 Å². The highest BCUT2D eigenvalue weighted by Crippen LogP contribution is 2.32. The molecule has 3 rings (SSSR count). The number of rotatable bonds is 6. The third-order valence-electron chi connectivity index (χ3n) is 4.03. The zero-order chi connectivity index (χ0) is 18.7. The largest absolute Gasteiger partial charge is 0.496 e. The van der Waals surface area contributed by atoms with E-state index in [1.807, 2.05) is 30.5 Å². The van der Waals surface area contributed by atoms with Crippen LogP contribution in [-0.4, -0.2) is 26.6 Å². The summed E-state index contributed by atoms with van der Waals surface area (Å²) in [5.74, 6) is 0.272. The first-order chi connectivity index (χ1) is 12.5. The number of aromatic nitrogens is 1. The summed E-state index contributed by atoms with van der Waals surface area (Å²) in [4.78, 5) is 16.2. The summed E-state index contributed by atoms with van der Waals surface area (Å²) < 4.78 is 25.5. The van der Waals surface area contributed by atoms with E-state index in [1.165, 1.54) is 31.4 Å². The first-order valence-electron chi connectivity index (χ1n) is 7.78. The van der Waals surface area contributed by atoms with Crippen molar-refractivity contribution >= 4 is 22.4 Å². The Hall–Kier alpha value is -2.96. The van der Waals surface area contributed by atoms with Gasteiger partial charge in [-0.25, -0.2) is 4.21 Å². The molecular formula is C20H17NO4S. The number of methoxy groups -OCH3 is 1. The van der Waals surface area contributed by atoms with Crippen molar-refractivity contribution in [2.45, 2.75) is 4.90 Å². The second-order valence-corrected chi connectivity index (χ2v) is 6.55. The van der Waals surface area contributed by atoms with E-state index in [0.29, 0.717) is 16.9 Å². The van der Waals surface area contributed by atoms with Crippen LogP contribution in [0, 0.1) is 0 Å². The minimum atomic E-state index is -2.08. The van der Waals surface area contributed by atoms with Crippen molar-refractivity contribution in [3.8, 4) is 17.0 Å². The van der Waals surface area contributed by atoms with E-state index in [0.717, 1.165) is 11.3 Å². The molecule has 0 spiro atoms. The highest BCUT2D eigenvalue weighted by Gasteiger charge is 2.17. The molecule has 6 heteroatoms. The Morgan fingerprint density at radius 1 is 1.15 bits per heavy atom. The third-order valence-corrected chi connectivity index (χ3v) is 4.70. The number of benzene rings is 2. The van der Waals surface area contributed by atoms with Gasteiger partial charge in [-0.15, -0.1) is 0 Å². The van der Waals surface area contributed by atoms with Crippen LogP contribution in [-0.2, 0) is 11.1 Å². The fourth-order valence-corrected chi connectivity index (χ4v) is 3.01. The quantitative estimate of drug-likeness (QED) is 0.389. The van der Waals surface area contributed by atoms with Crippen molar-refractivity contribution in [1.29, 1.82) is 0 Å². The minimum absolute atomic E-state index is 0.235. The third kappa shape index (κ3) is 3.51. The summed E-state index contributed by atoms with van der Waals surface area (Å²) in [7, 11) is 1.54. The van der Waals surface area contributed by atoms with Crippen molar-refractivity contribution in [2.75, 3.05) is 7.11 Å². The molecule has 0 saturated heterocycles. The Kier molecular flexibility index (Phi) is 5.16. The van der Waals surface area contributed by atoms with E-state index in [-0.39, 0.29) is 16.3 Å². The molecule has 0 saturated carbocycles. The molecule has 0 aliphatic rings. The summed E-state index contributed by atoms with van der Waals surface area (Å²) in [6.07, 6.45) is 1.83. The molecule has 0 aliphatic carbocycles. The van der Waals surface area contributed by atoms with E-state index in [2.05, 4.69) is 11.6 Å². The standard InChI is InChI=1S/C20H17NO4S/c1-13(20(22)14-5-8-16(9-6-14)26(23)24)17-12-15(7-10-19(17)25-2)18-4-3-11-21-18/h3-12,21H,1H2,2H3,(H,23,24). The van der Waals surface area contributed by atoms with Crippen molar-refractivity contribution in [2.24, 2.45) is 0 Å². The molecular weight excluding hydrogens is 350 g/mol. The molecule has 0 amide bonds. The molecule has 0 aliphatic heterocycles. The fraction of sp³-hybridized carbons (Fsp3) is 0.0500. The highest BCUT2D eigenvalue weighted by molar-refractivity contribution is 7.79. The number of carbonyl (C=O) groups excluding carboxylic acids is 1. The normalized spacial score (nSPS) is 11.8. The van der Waals surface area contributed by atoms with Crippen LogP contribution in [0.1, 0.15) is 15.9 Å². The summed E-state index contributed by atoms with van der Waals surface area (Å²) in [6, 6.07) is 15.3. The van der Waals surface area contributed by atoms with Gasteiger partial charge >= 0.3 is 0 Å². The molecule has 0 radical (unpaired) electrons. The van der Waals surface area contributed by atoms with Gasteiger partial charge in [-0.3, -0.25) is 4.79 Å². The zero-order valence-electron chi connectivity index (χ0n) is 14.1. The van der Waals surface area contributed by atoms with Gasteiger partial charge in [0.2, 0.25) is 0 Å². The first kappa shape index (κ1) is 17.8. The van der Waals surface area contributed by atoms with Gasteiger partial charge in [0, 0.05) is 28.6 Å². The fourth-order valence-electron chi connectivity index (χ4n) is 2.64. The highest BCUT2D eigenvalue weighted by atomic mass is 32.2. The predicted octanol–water partition coefficient (Wildman–Crippen LogP) is 4.17. The van der Waals surface area contributed by atoms with E-state index in [1.54, 1.807) is 6.07 Å². The zero-order valence-corrected chi connectivity index (χ0v) is 14.9. The van der Waals surface area contributed by atoms with Crippen molar-refractivity contribution < 1.29 is 18.3 Å². The van der Waals surface area contributed by atoms with Crippen molar-refractivity contribution in [3.63, 3.8) is 0 Å². The van der Waals surface area contributed by atoms with E-state index < -0.39 is 11.1 Å². The number of hydrogen-bond acceptors (Lipinski definition) is 3. The number of ether oxygens (including phenoxy) is 1. The lowest BCUT2D eigenvalue weighted by atomic mass is 9.95. The molecule has 1 aromatic heterocycles. The second-order valence-electron chi connectivity index (χ2n) is 5.58. The number of carbonyl (C=O) groups is 1. The van der Waals surface area contributed by atoms with E-state index >= 15 is 0 Å². The molecule has 1 atom stereocenters. The van der Waals surface area contributed by atoms with Crippen LogP contribution >= 0.6 is 0 Å². The van der Waals surface area contributed by atoms with Crippen LogP contribution in [0.2, 0.25) is 0 Å². The molecule has 5 nitrogen and oxygen atoms in total. The van der Waals surface area contributed by atoms with Crippen LogP contribution in [0.3, 0.4) is 0 Å². The molecule has 2 N–H and O–H groups in total. The molecule has 3 aromatic rings. The summed E-state index contributed by atoms with van der Waals surface area (Å²) in [5, 5.41) is 0. The van der Waals surface area contributed by atoms with Crippen LogP contribution in [0.25, 0.3) is 16.8 Å². The Bertz CT molecular complexity index is 976. The van der Waals surface area contributed by atoms with Gasteiger partial charge in [0.1, 0.15) is 5.75 Å². The number of allylic oxidation sites excluding steroid dienone is 1. The maximum absolute atomic E-state index is 12.8. The average molecular weight is 367 g/mol. The van der Waals surface area contributed by atoms with E-state index in [9.17, 15) is 9.00 Å². The molecule has 2 aromatic carbocycles. The number of ketones is 1. The van der Waals surface area contributed by atoms with Crippen LogP contribution in [0.5, 0.6) is 5.75 Å². The Morgan fingerprint density at radius 2 is 1.88 bits per heavy atom. The first-order valence-corrected chi connectivity index (χ1v) is 8.88. The van der Waals surface area contributed by atoms with Crippen molar-refractivity contribution in [1.82, 2.24) is 4.98 Å². The van der Waals surface area contributed by atoms with Gasteiger partial charge in [0.05, 0.1) is 12.0 Å². The molecule has 0 fully saturated rings. The van der Waals surface area contributed by atoms with Gasteiger partial charge in [-0.05, 0) is 60.2 Å². The van der Waals surface area contributed by atoms with E-state index in [4.69, 9.17) is 9.29 Å². The van der Waals surface area contributed by atoms with Gasteiger partial charge in [-0.2, -0.15) is 0 Å². The SMILES string of the molecule is C=C(C(=O)c1ccc(S(=O)O)cc1)c1cc(-c2ccc[nH]2)ccc1OC. The molecule has 26 heavy (non-hydrogen) atoms. The van der Waals surface area contributed by atoms with Crippen LogP contribution in [0.15, 0.2) is 72.3 Å². The summed E-state index contributed by atoms with van der Waals surface area (Å²) in [6.45, 7) is 3.94. The van der Waals surface area contributed by atoms with Gasteiger partial charge in [0.15, 0.2) is 16.9 Å². The number of hydrogen-bond donors (Lipinski definition) is 2. The van der Waals surface area contributed by atoms with Crippen LogP contribution < -0.4 is 4.74 Å². The van der Waals surface area contributed by atoms with Crippen molar-refractivity contribution in [3.05, 3.63) is 78.5 Å². The number of Topliss-reactive ketones (excluding diaryl/α,β-unsaturated/α-hetero) is 1. The second kappa shape index (κ2) is 7.51. The summed E-state index contributed by atoms with van der Waals surface area (Å²) >= 11 is -2.08. The molecule has 132 valence electrons. The number of nitrogens with one attached hydrogen (secondary N) is 1. The smallest absolute Gasteiger partial charge is 0.193 e. The predicted molar refractivity (Wildman–Crippen MR) is 102 cm³/mol. The average Bonchev–Trinajstić information content (AvgIpc) is 3.21. The molecule has 1 heterocycles. The summed E-state index contributed by atoms with van der Waals surface area (Å²) in [5.41, 5.74) is 3.10. The number of H-pyrrole nitrogens is 1. The Labute approximate surface area is 153 Å². The Morgan fingerprint density at radius 3 is 2.46 bits per heavy atom. The Balaban J connectivity index is 1.96. The maximum atomic E-state index is 12.8. The lowest BCUT2D eigenvalue weighted by Gasteiger charge is -2.12. The monoisotopic (exact) mass is 367 g/mol. The molecule has 1 unspecified atom stereocenters.